The zero-order chi connectivity index (χ0) is 14.8. The van der Waals surface area contributed by atoms with Crippen LogP contribution >= 0.6 is 0 Å². The zero-order valence-electron chi connectivity index (χ0n) is 12.6. The van der Waals surface area contributed by atoms with Gasteiger partial charge in [0.2, 0.25) is 0 Å². The first-order chi connectivity index (χ1) is 9.40. The molecule has 0 spiro atoms. The van der Waals surface area contributed by atoms with Gasteiger partial charge in [0.05, 0.1) is 7.11 Å². The first kappa shape index (κ1) is 14.9. The third kappa shape index (κ3) is 3.51. The summed E-state index contributed by atoms with van der Waals surface area (Å²) in [5, 5.41) is 3.11. The standard InChI is InChI=1S/C16H23NO3/c1-16(2,3)11-5-7-12(8-6-11)20-13-9-14(17-10-13)15(18)19-4/h5-8,13-14,17H,9-10H2,1-4H3. The number of hydrogen-bond donors (Lipinski definition) is 1. The molecule has 1 aliphatic heterocycles. The van der Waals surface area contributed by atoms with Crippen molar-refractivity contribution in [3.05, 3.63) is 29.8 Å². The molecular formula is C16H23NO3. The van der Waals surface area contributed by atoms with Crippen molar-refractivity contribution in [1.82, 2.24) is 5.32 Å². The van der Waals surface area contributed by atoms with Gasteiger partial charge in [0.1, 0.15) is 17.9 Å². The minimum Gasteiger partial charge on any atom is -0.489 e. The Bertz CT molecular complexity index is 462. The van der Waals surface area contributed by atoms with E-state index in [-0.39, 0.29) is 23.5 Å². The predicted molar refractivity (Wildman–Crippen MR) is 78.0 cm³/mol. The molecule has 110 valence electrons. The van der Waals surface area contributed by atoms with Crippen molar-refractivity contribution in [2.24, 2.45) is 0 Å². The third-order valence-corrected chi connectivity index (χ3v) is 3.60. The fraction of sp³-hybridized carbons (Fsp3) is 0.562. The number of ether oxygens (including phenoxy) is 2. The van der Waals surface area contributed by atoms with E-state index in [0.29, 0.717) is 13.0 Å². The van der Waals surface area contributed by atoms with Gasteiger partial charge in [0, 0.05) is 13.0 Å². The Morgan fingerprint density at radius 2 is 1.90 bits per heavy atom. The average molecular weight is 277 g/mol. The summed E-state index contributed by atoms with van der Waals surface area (Å²) < 4.78 is 10.6. The average Bonchev–Trinajstić information content (AvgIpc) is 2.86. The van der Waals surface area contributed by atoms with Crippen molar-refractivity contribution >= 4 is 5.97 Å². The molecule has 0 bridgehead atoms. The summed E-state index contributed by atoms with van der Waals surface area (Å²) in [6, 6.07) is 7.92. The molecule has 1 aromatic rings. The Morgan fingerprint density at radius 3 is 2.45 bits per heavy atom. The van der Waals surface area contributed by atoms with Crippen LogP contribution in [0.1, 0.15) is 32.8 Å². The largest absolute Gasteiger partial charge is 0.489 e. The molecule has 1 aliphatic rings. The number of esters is 1. The summed E-state index contributed by atoms with van der Waals surface area (Å²) in [4.78, 5) is 11.4. The van der Waals surface area contributed by atoms with Crippen molar-refractivity contribution in [3.63, 3.8) is 0 Å². The van der Waals surface area contributed by atoms with Crippen LogP contribution in [0.3, 0.4) is 0 Å². The second kappa shape index (κ2) is 5.83. The van der Waals surface area contributed by atoms with Crippen LogP contribution < -0.4 is 10.1 Å². The van der Waals surface area contributed by atoms with Gasteiger partial charge in [-0.3, -0.25) is 4.79 Å². The molecule has 1 heterocycles. The first-order valence-corrected chi connectivity index (χ1v) is 6.98. The van der Waals surface area contributed by atoms with Crippen molar-refractivity contribution in [2.45, 2.75) is 44.8 Å². The molecule has 2 atom stereocenters. The van der Waals surface area contributed by atoms with E-state index in [1.165, 1.54) is 12.7 Å². The highest BCUT2D eigenvalue weighted by Gasteiger charge is 2.31. The molecule has 0 amide bonds. The number of nitrogens with one attached hydrogen (secondary N) is 1. The van der Waals surface area contributed by atoms with E-state index in [4.69, 9.17) is 9.47 Å². The molecular weight excluding hydrogens is 254 g/mol. The molecule has 20 heavy (non-hydrogen) atoms. The van der Waals surface area contributed by atoms with Gasteiger partial charge < -0.3 is 14.8 Å². The Morgan fingerprint density at radius 1 is 1.25 bits per heavy atom. The summed E-state index contributed by atoms with van der Waals surface area (Å²) in [5.41, 5.74) is 1.42. The van der Waals surface area contributed by atoms with E-state index in [1.807, 2.05) is 12.1 Å². The second-order valence-corrected chi connectivity index (χ2v) is 6.23. The Balaban J connectivity index is 1.93. The predicted octanol–water partition coefficient (Wildman–Crippen LogP) is 2.27. The third-order valence-electron chi connectivity index (χ3n) is 3.60. The summed E-state index contributed by atoms with van der Waals surface area (Å²) >= 11 is 0. The van der Waals surface area contributed by atoms with Gasteiger partial charge in [-0.1, -0.05) is 32.9 Å². The van der Waals surface area contributed by atoms with Crippen molar-refractivity contribution in [1.29, 1.82) is 0 Å². The molecule has 4 heteroatoms. The zero-order valence-corrected chi connectivity index (χ0v) is 12.6. The van der Waals surface area contributed by atoms with Crippen LogP contribution in [0, 0.1) is 0 Å². The number of methoxy groups -OCH3 is 1. The first-order valence-electron chi connectivity index (χ1n) is 6.98. The fourth-order valence-corrected chi connectivity index (χ4v) is 2.34. The SMILES string of the molecule is COC(=O)C1CC(Oc2ccc(C(C)(C)C)cc2)CN1. The number of benzene rings is 1. The molecule has 4 nitrogen and oxygen atoms in total. The molecule has 0 aliphatic carbocycles. The van der Waals surface area contributed by atoms with Crippen LogP contribution in [-0.2, 0) is 14.9 Å². The van der Waals surface area contributed by atoms with Gasteiger partial charge >= 0.3 is 5.97 Å². The Labute approximate surface area is 120 Å². The topological polar surface area (TPSA) is 47.6 Å². The van der Waals surface area contributed by atoms with E-state index >= 15 is 0 Å². The molecule has 1 N–H and O–H groups in total. The summed E-state index contributed by atoms with van der Waals surface area (Å²) in [7, 11) is 1.41. The lowest BCUT2D eigenvalue weighted by molar-refractivity contribution is -0.142. The lowest BCUT2D eigenvalue weighted by Gasteiger charge is -2.20. The number of hydrogen-bond acceptors (Lipinski definition) is 4. The van der Waals surface area contributed by atoms with E-state index in [0.717, 1.165) is 5.75 Å². The van der Waals surface area contributed by atoms with Crippen molar-refractivity contribution in [3.8, 4) is 5.75 Å². The lowest BCUT2D eigenvalue weighted by atomic mass is 9.87. The van der Waals surface area contributed by atoms with E-state index in [9.17, 15) is 4.79 Å². The van der Waals surface area contributed by atoms with Crippen LogP contribution in [-0.4, -0.2) is 31.8 Å². The van der Waals surface area contributed by atoms with Crippen LogP contribution in [0.5, 0.6) is 5.75 Å². The summed E-state index contributed by atoms with van der Waals surface area (Å²) in [6.07, 6.45) is 0.660. The Kier molecular flexibility index (Phi) is 4.33. The number of rotatable bonds is 3. The molecule has 0 aromatic heterocycles. The highest BCUT2D eigenvalue weighted by Crippen LogP contribution is 2.25. The molecule has 1 aromatic carbocycles. The van der Waals surface area contributed by atoms with Crippen LogP contribution in [0.25, 0.3) is 0 Å². The van der Waals surface area contributed by atoms with E-state index in [2.05, 4.69) is 38.2 Å². The number of carbonyl (C=O) groups is 1. The van der Waals surface area contributed by atoms with Gasteiger partial charge in [-0.2, -0.15) is 0 Å². The molecule has 1 saturated heterocycles. The van der Waals surface area contributed by atoms with Gasteiger partial charge in [0.15, 0.2) is 0 Å². The molecule has 2 rings (SSSR count). The van der Waals surface area contributed by atoms with Gasteiger partial charge in [0.25, 0.3) is 0 Å². The fourth-order valence-electron chi connectivity index (χ4n) is 2.34. The number of carbonyl (C=O) groups excluding carboxylic acids is 1. The smallest absolute Gasteiger partial charge is 0.323 e. The quantitative estimate of drug-likeness (QED) is 0.861. The highest BCUT2D eigenvalue weighted by atomic mass is 16.5. The monoisotopic (exact) mass is 277 g/mol. The maximum absolute atomic E-state index is 11.4. The van der Waals surface area contributed by atoms with E-state index in [1.54, 1.807) is 0 Å². The Hall–Kier alpha value is -1.55. The van der Waals surface area contributed by atoms with Gasteiger partial charge in [-0.05, 0) is 23.1 Å². The molecule has 0 saturated carbocycles. The summed E-state index contributed by atoms with van der Waals surface area (Å²) in [6.45, 7) is 7.22. The van der Waals surface area contributed by atoms with Crippen LogP contribution in [0.15, 0.2) is 24.3 Å². The molecule has 0 radical (unpaired) electrons. The van der Waals surface area contributed by atoms with Gasteiger partial charge in [-0.25, -0.2) is 0 Å². The maximum atomic E-state index is 11.4. The van der Waals surface area contributed by atoms with Crippen molar-refractivity contribution < 1.29 is 14.3 Å². The summed E-state index contributed by atoms with van der Waals surface area (Å²) in [5.74, 6) is 0.620. The molecule has 2 unspecified atom stereocenters. The van der Waals surface area contributed by atoms with Gasteiger partial charge in [-0.15, -0.1) is 0 Å². The highest BCUT2D eigenvalue weighted by molar-refractivity contribution is 5.76. The molecule has 1 fully saturated rings. The minimum absolute atomic E-state index is 0.0135. The maximum Gasteiger partial charge on any atom is 0.323 e. The van der Waals surface area contributed by atoms with Crippen molar-refractivity contribution in [2.75, 3.05) is 13.7 Å². The van der Waals surface area contributed by atoms with E-state index < -0.39 is 0 Å². The van der Waals surface area contributed by atoms with Crippen LogP contribution in [0.2, 0.25) is 0 Å². The second-order valence-electron chi connectivity index (χ2n) is 6.23. The normalized spacial score (nSPS) is 22.6. The lowest BCUT2D eigenvalue weighted by Crippen LogP contribution is -2.31. The van der Waals surface area contributed by atoms with Crippen LogP contribution in [0.4, 0.5) is 0 Å². The minimum atomic E-state index is -0.251.